The summed E-state index contributed by atoms with van der Waals surface area (Å²) in [7, 11) is 0. The Balaban J connectivity index is 1.39. The van der Waals surface area contributed by atoms with Crippen LogP contribution in [0.3, 0.4) is 0 Å². The quantitative estimate of drug-likeness (QED) is 0.599. The molecular formula is C24H31BrN4O2. The Labute approximate surface area is 193 Å². The van der Waals surface area contributed by atoms with Crippen molar-refractivity contribution in [3.63, 3.8) is 0 Å². The predicted molar refractivity (Wildman–Crippen MR) is 128 cm³/mol. The van der Waals surface area contributed by atoms with Crippen LogP contribution in [-0.2, 0) is 16.0 Å². The third-order valence-electron chi connectivity index (χ3n) is 5.62. The van der Waals surface area contributed by atoms with Gasteiger partial charge in [-0.05, 0) is 42.7 Å². The van der Waals surface area contributed by atoms with Crippen molar-refractivity contribution in [2.45, 2.75) is 26.3 Å². The van der Waals surface area contributed by atoms with Crippen LogP contribution in [0, 0.1) is 0 Å². The summed E-state index contributed by atoms with van der Waals surface area (Å²) in [6, 6.07) is 15.9. The number of amides is 2. The summed E-state index contributed by atoms with van der Waals surface area (Å²) >= 11 is 3.43. The zero-order valence-corrected chi connectivity index (χ0v) is 19.8. The second-order valence-electron chi connectivity index (χ2n) is 7.95. The summed E-state index contributed by atoms with van der Waals surface area (Å²) in [6.07, 6.45) is 0.887. The SMILES string of the molecule is CCc1ccccc1NC(=O)CN1CCN(CC(=O)NC(C)c2ccc(Br)cc2)CC1. The van der Waals surface area contributed by atoms with Crippen molar-refractivity contribution in [3.8, 4) is 0 Å². The van der Waals surface area contributed by atoms with Crippen LogP contribution < -0.4 is 10.6 Å². The van der Waals surface area contributed by atoms with Gasteiger partial charge in [-0.15, -0.1) is 0 Å². The van der Waals surface area contributed by atoms with Crippen molar-refractivity contribution in [2.75, 3.05) is 44.6 Å². The summed E-state index contributed by atoms with van der Waals surface area (Å²) in [6.45, 7) is 7.94. The molecule has 166 valence electrons. The Bertz CT molecular complexity index is 879. The Morgan fingerprint density at radius 2 is 1.52 bits per heavy atom. The third-order valence-corrected chi connectivity index (χ3v) is 6.15. The molecule has 6 nitrogen and oxygen atoms in total. The molecule has 0 spiro atoms. The lowest BCUT2D eigenvalue weighted by Crippen LogP contribution is -2.51. The molecule has 1 heterocycles. The van der Waals surface area contributed by atoms with Crippen LogP contribution in [0.15, 0.2) is 53.0 Å². The molecule has 31 heavy (non-hydrogen) atoms. The Kier molecular flexibility index (Phi) is 8.63. The third kappa shape index (κ3) is 7.16. The monoisotopic (exact) mass is 486 g/mol. The Hall–Kier alpha value is -2.22. The molecule has 7 heteroatoms. The average Bonchev–Trinajstić information content (AvgIpc) is 2.76. The van der Waals surface area contributed by atoms with Gasteiger partial charge >= 0.3 is 0 Å². The van der Waals surface area contributed by atoms with E-state index < -0.39 is 0 Å². The molecule has 1 saturated heterocycles. The molecule has 3 rings (SSSR count). The predicted octanol–water partition coefficient (Wildman–Crippen LogP) is 3.45. The van der Waals surface area contributed by atoms with E-state index >= 15 is 0 Å². The maximum atomic E-state index is 12.5. The summed E-state index contributed by atoms with van der Waals surface area (Å²) in [5, 5.41) is 6.10. The molecule has 0 saturated carbocycles. The zero-order chi connectivity index (χ0) is 22.2. The number of rotatable bonds is 8. The maximum Gasteiger partial charge on any atom is 0.238 e. The van der Waals surface area contributed by atoms with E-state index in [2.05, 4.69) is 43.3 Å². The molecule has 0 bridgehead atoms. The van der Waals surface area contributed by atoms with E-state index in [4.69, 9.17) is 0 Å². The lowest BCUT2D eigenvalue weighted by Gasteiger charge is -2.34. The topological polar surface area (TPSA) is 64.7 Å². The van der Waals surface area contributed by atoms with Gasteiger partial charge in [0, 0.05) is 36.3 Å². The molecule has 1 unspecified atom stereocenters. The van der Waals surface area contributed by atoms with Gasteiger partial charge in [-0.25, -0.2) is 0 Å². The molecule has 0 radical (unpaired) electrons. The molecule has 1 fully saturated rings. The number of nitrogens with one attached hydrogen (secondary N) is 2. The molecule has 2 N–H and O–H groups in total. The minimum atomic E-state index is -0.0309. The van der Waals surface area contributed by atoms with E-state index in [1.165, 1.54) is 0 Å². The molecule has 1 atom stereocenters. The van der Waals surface area contributed by atoms with Crippen molar-refractivity contribution < 1.29 is 9.59 Å². The zero-order valence-electron chi connectivity index (χ0n) is 18.2. The van der Waals surface area contributed by atoms with Crippen molar-refractivity contribution in [1.29, 1.82) is 0 Å². The van der Waals surface area contributed by atoms with E-state index in [1.54, 1.807) is 0 Å². The van der Waals surface area contributed by atoms with Crippen LogP contribution in [-0.4, -0.2) is 60.9 Å². The van der Waals surface area contributed by atoms with Gasteiger partial charge in [0.1, 0.15) is 0 Å². The van der Waals surface area contributed by atoms with E-state index in [0.29, 0.717) is 13.1 Å². The van der Waals surface area contributed by atoms with Crippen LogP contribution >= 0.6 is 15.9 Å². The van der Waals surface area contributed by atoms with E-state index in [1.807, 2.05) is 55.5 Å². The standard InChI is InChI=1S/C24H31BrN4O2/c1-3-19-6-4-5-7-22(19)27-24(31)17-29-14-12-28(13-15-29)16-23(30)26-18(2)20-8-10-21(25)11-9-20/h4-11,18H,3,12-17H2,1-2H3,(H,26,30)(H,27,31). The fourth-order valence-corrected chi connectivity index (χ4v) is 4.04. The van der Waals surface area contributed by atoms with Crippen molar-refractivity contribution in [2.24, 2.45) is 0 Å². The molecule has 2 aromatic carbocycles. The van der Waals surface area contributed by atoms with Crippen LogP contribution in [0.25, 0.3) is 0 Å². The number of halogens is 1. The highest BCUT2D eigenvalue weighted by atomic mass is 79.9. The number of carbonyl (C=O) groups is 2. The summed E-state index contributed by atoms with van der Waals surface area (Å²) in [4.78, 5) is 29.2. The number of carbonyl (C=O) groups excluding carboxylic acids is 2. The first kappa shape index (κ1) is 23.4. The van der Waals surface area contributed by atoms with Gasteiger partial charge in [0.05, 0.1) is 19.1 Å². The van der Waals surface area contributed by atoms with Crippen molar-refractivity contribution in [3.05, 3.63) is 64.1 Å². The fourth-order valence-electron chi connectivity index (χ4n) is 3.77. The Morgan fingerprint density at radius 1 is 0.935 bits per heavy atom. The van der Waals surface area contributed by atoms with Gasteiger partial charge in [-0.1, -0.05) is 53.2 Å². The summed E-state index contributed by atoms with van der Waals surface area (Å²) in [5.74, 6) is 0.0354. The summed E-state index contributed by atoms with van der Waals surface area (Å²) < 4.78 is 1.02. The first-order valence-corrected chi connectivity index (χ1v) is 11.6. The maximum absolute atomic E-state index is 12.5. The van der Waals surface area contributed by atoms with Gasteiger partial charge in [0.2, 0.25) is 11.8 Å². The van der Waals surface area contributed by atoms with Gasteiger partial charge in [-0.3, -0.25) is 19.4 Å². The highest BCUT2D eigenvalue weighted by Crippen LogP contribution is 2.17. The lowest BCUT2D eigenvalue weighted by molar-refractivity contribution is -0.124. The molecule has 0 aromatic heterocycles. The largest absolute Gasteiger partial charge is 0.348 e. The highest BCUT2D eigenvalue weighted by Gasteiger charge is 2.21. The number of aryl methyl sites for hydroxylation is 1. The second kappa shape index (κ2) is 11.4. The average molecular weight is 487 g/mol. The summed E-state index contributed by atoms with van der Waals surface area (Å²) in [5.41, 5.74) is 3.12. The van der Waals surface area contributed by atoms with Crippen molar-refractivity contribution in [1.82, 2.24) is 15.1 Å². The number of piperazine rings is 1. The highest BCUT2D eigenvalue weighted by molar-refractivity contribution is 9.10. The van der Waals surface area contributed by atoms with Crippen molar-refractivity contribution >= 4 is 33.4 Å². The normalized spacial score (nSPS) is 16.0. The van der Waals surface area contributed by atoms with Gasteiger partial charge < -0.3 is 10.6 Å². The smallest absolute Gasteiger partial charge is 0.238 e. The first-order chi connectivity index (χ1) is 14.9. The van der Waals surface area contributed by atoms with E-state index in [9.17, 15) is 9.59 Å². The number of anilines is 1. The molecule has 2 amide bonds. The van der Waals surface area contributed by atoms with Crippen LogP contribution in [0.5, 0.6) is 0 Å². The minimum Gasteiger partial charge on any atom is -0.348 e. The van der Waals surface area contributed by atoms with Crippen LogP contribution in [0.2, 0.25) is 0 Å². The molecule has 1 aliphatic rings. The number of hydrogen-bond donors (Lipinski definition) is 2. The minimum absolute atomic E-state index is 0.00964. The first-order valence-electron chi connectivity index (χ1n) is 10.8. The molecule has 2 aromatic rings. The van der Waals surface area contributed by atoms with Crippen LogP contribution in [0.4, 0.5) is 5.69 Å². The van der Waals surface area contributed by atoms with E-state index in [0.717, 1.165) is 53.9 Å². The van der Waals surface area contributed by atoms with Gasteiger partial charge in [-0.2, -0.15) is 0 Å². The number of benzene rings is 2. The van der Waals surface area contributed by atoms with Crippen LogP contribution in [0.1, 0.15) is 31.0 Å². The number of nitrogens with zero attached hydrogens (tertiary/aromatic N) is 2. The molecule has 0 aliphatic carbocycles. The lowest BCUT2D eigenvalue weighted by atomic mass is 10.1. The Morgan fingerprint density at radius 3 is 2.13 bits per heavy atom. The van der Waals surface area contributed by atoms with E-state index in [-0.39, 0.29) is 17.9 Å². The molecular weight excluding hydrogens is 456 g/mol. The fraction of sp³-hybridized carbons (Fsp3) is 0.417. The second-order valence-corrected chi connectivity index (χ2v) is 8.87. The van der Waals surface area contributed by atoms with Gasteiger partial charge in [0.15, 0.2) is 0 Å². The van der Waals surface area contributed by atoms with Gasteiger partial charge in [0.25, 0.3) is 0 Å². The number of hydrogen-bond acceptors (Lipinski definition) is 4. The molecule has 1 aliphatic heterocycles. The number of para-hydroxylation sites is 1.